The first kappa shape index (κ1) is 18.3. The first-order valence-electron chi connectivity index (χ1n) is 8.08. The third-order valence-electron chi connectivity index (χ3n) is 3.59. The van der Waals surface area contributed by atoms with Crippen molar-refractivity contribution in [1.29, 1.82) is 0 Å². The summed E-state index contributed by atoms with van der Waals surface area (Å²) < 4.78 is 12.7. The molecule has 1 aromatic heterocycles. The van der Waals surface area contributed by atoms with Crippen LogP contribution in [0.3, 0.4) is 0 Å². The molecule has 2 aromatic carbocycles. The van der Waals surface area contributed by atoms with Crippen LogP contribution in [0.1, 0.15) is 5.69 Å². The number of rotatable bonds is 7. The van der Waals surface area contributed by atoms with Crippen LogP contribution in [0.5, 0.6) is 0 Å². The molecule has 0 saturated heterocycles. The van der Waals surface area contributed by atoms with Crippen molar-refractivity contribution in [2.24, 2.45) is 0 Å². The normalized spacial score (nSPS) is 11.7. The Bertz CT molecular complexity index is 914. The Balaban J connectivity index is 1.90. The van der Waals surface area contributed by atoms with Gasteiger partial charge in [0.1, 0.15) is 5.82 Å². The van der Waals surface area contributed by atoms with Gasteiger partial charge in [-0.1, -0.05) is 48.0 Å². The number of halogens is 1. The van der Waals surface area contributed by atoms with E-state index in [0.717, 1.165) is 10.5 Å². The Morgan fingerprint density at radius 1 is 1.08 bits per heavy atom. The average molecular weight is 384 g/mol. The minimum atomic E-state index is -1.22. The van der Waals surface area contributed by atoms with Gasteiger partial charge in [-0.05, 0) is 24.3 Å². The van der Waals surface area contributed by atoms with Crippen LogP contribution in [0, 0.1) is 0 Å². The molecule has 132 valence electrons. The van der Waals surface area contributed by atoms with Gasteiger partial charge in [-0.15, -0.1) is 6.58 Å². The van der Waals surface area contributed by atoms with Gasteiger partial charge >= 0.3 is 0 Å². The van der Waals surface area contributed by atoms with Crippen LogP contribution < -0.4 is 5.32 Å². The lowest BCUT2D eigenvalue weighted by molar-refractivity contribution is 0.682. The maximum Gasteiger partial charge on any atom is 0.161 e. The van der Waals surface area contributed by atoms with Crippen LogP contribution in [-0.4, -0.2) is 20.7 Å². The van der Waals surface area contributed by atoms with Crippen LogP contribution in [-0.2, 0) is 16.6 Å². The Hall–Kier alpha value is -2.50. The maximum atomic E-state index is 12.7. The highest BCUT2D eigenvalue weighted by atomic mass is 35.5. The van der Waals surface area contributed by atoms with Crippen LogP contribution in [0.15, 0.2) is 78.2 Å². The Morgan fingerprint density at radius 2 is 1.81 bits per heavy atom. The third kappa shape index (κ3) is 4.77. The summed E-state index contributed by atoms with van der Waals surface area (Å²) >= 11 is 5.90. The largest absolute Gasteiger partial charge is 0.366 e. The van der Waals surface area contributed by atoms with Crippen LogP contribution in [0.25, 0.3) is 11.4 Å². The molecule has 0 amide bonds. The molecule has 0 aliphatic rings. The van der Waals surface area contributed by atoms with Crippen molar-refractivity contribution in [3.63, 3.8) is 0 Å². The zero-order valence-electron chi connectivity index (χ0n) is 14.1. The summed E-state index contributed by atoms with van der Waals surface area (Å²) in [7, 11) is -1.22. The van der Waals surface area contributed by atoms with Gasteiger partial charge in [0.2, 0.25) is 0 Å². The first-order chi connectivity index (χ1) is 12.7. The summed E-state index contributed by atoms with van der Waals surface area (Å²) in [6, 6.07) is 18.6. The molecule has 0 bridgehead atoms. The summed E-state index contributed by atoms with van der Waals surface area (Å²) in [4.78, 5) is 9.86. The van der Waals surface area contributed by atoms with Gasteiger partial charge in [-0.2, -0.15) is 0 Å². The van der Waals surface area contributed by atoms with Crippen molar-refractivity contribution in [2.45, 2.75) is 10.6 Å². The number of aromatic nitrogens is 2. The zero-order chi connectivity index (χ0) is 18.4. The second kappa shape index (κ2) is 8.74. The van der Waals surface area contributed by atoms with Gasteiger partial charge in [0.15, 0.2) is 5.82 Å². The number of nitrogens with one attached hydrogen (secondary N) is 1. The molecule has 26 heavy (non-hydrogen) atoms. The molecule has 1 atom stereocenters. The Morgan fingerprint density at radius 3 is 2.50 bits per heavy atom. The van der Waals surface area contributed by atoms with E-state index >= 15 is 0 Å². The summed E-state index contributed by atoms with van der Waals surface area (Å²) in [5.41, 5.74) is 1.62. The van der Waals surface area contributed by atoms with Crippen LogP contribution >= 0.6 is 11.6 Å². The lowest BCUT2D eigenvalue weighted by Gasteiger charge is -2.09. The highest BCUT2D eigenvalue weighted by Gasteiger charge is 2.11. The SMILES string of the molecule is C=CCNc1cc(CS(=O)c2ccc(Cl)cc2)nc(-c2ccccc2)n1. The fourth-order valence-electron chi connectivity index (χ4n) is 2.36. The molecule has 6 heteroatoms. The van der Waals surface area contributed by atoms with Crippen LogP contribution in [0.2, 0.25) is 5.02 Å². The molecule has 1 unspecified atom stereocenters. The lowest BCUT2D eigenvalue weighted by Crippen LogP contribution is -2.06. The number of anilines is 1. The molecule has 3 aromatic rings. The van der Waals surface area contributed by atoms with E-state index < -0.39 is 10.8 Å². The van der Waals surface area contributed by atoms with Gasteiger partial charge in [-0.3, -0.25) is 4.21 Å². The zero-order valence-corrected chi connectivity index (χ0v) is 15.6. The van der Waals surface area contributed by atoms with Crippen molar-refractivity contribution >= 4 is 28.2 Å². The second-order valence-corrected chi connectivity index (χ2v) is 7.44. The van der Waals surface area contributed by atoms with E-state index in [2.05, 4.69) is 21.9 Å². The van der Waals surface area contributed by atoms with E-state index in [0.29, 0.717) is 34.7 Å². The summed E-state index contributed by atoms with van der Waals surface area (Å²) in [6.45, 7) is 4.30. The molecule has 0 radical (unpaired) electrons. The number of hydrogen-bond acceptors (Lipinski definition) is 4. The minimum Gasteiger partial charge on any atom is -0.366 e. The third-order valence-corrected chi connectivity index (χ3v) is 5.20. The predicted molar refractivity (Wildman–Crippen MR) is 108 cm³/mol. The van der Waals surface area contributed by atoms with Gasteiger partial charge in [0.05, 0.1) is 22.2 Å². The smallest absolute Gasteiger partial charge is 0.161 e. The molecule has 1 N–H and O–H groups in total. The monoisotopic (exact) mass is 383 g/mol. The number of benzene rings is 2. The van der Waals surface area contributed by atoms with Crippen molar-refractivity contribution < 1.29 is 4.21 Å². The molecule has 3 rings (SSSR count). The molecular weight excluding hydrogens is 366 g/mol. The van der Waals surface area contributed by atoms with E-state index in [1.165, 1.54) is 0 Å². The Kier molecular flexibility index (Phi) is 6.15. The standard InChI is InChI=1S/C20H18ClN3OS/c1-2-12-22-19-13-17(14-26(25)18-10-8-16(21)9-11-18)23-20(24-19)15-6-4-3-5-7-15/h2-11,13H,1,12,14H2,(H,22,23,24). The van der Waals surface area contributed by atoms with Gasteiger partial charge in [-0.25, -0.2) is 9.97 Å². The fourth-order valence-corrected chi connectivity index (χ4v) is 3.51. The molecular formula is C20H18ClN3OS. The highest BCUT2D eigenvalue weighted by Crippen LogP contribution is 2.20. The first-order valence-corrected chi connectivity index (χ1v) is 9.77. The van der Waals surface area contributed by atoms with Crippen molar-refractivity contribution in [1.82, 2.24) is 9.97 Å². The number of hydrogen-bond donors (Lipinski definition) is 1. The molecule has 4 nitrogen and oxygen atoms in total. The van der Waals surface area contributed by atoms with Crippen molar-refractivity contribution in [2.75, 3.05) is 11.9 Å². The average Bonchev–Trinajstić information content (AvgIpc) is 2.67. The molecule has 0 saturated carbocycles. The summed E-state index contributed by atoms with van der Waals surface area (Å²) in [6.07, 6.45) is 1.76. The lowest BCUT2D eigenvalue weighted by atomic mass is 10.2. The number of nitrogens with zero attached hydrogens (tertiary/aromatic N) is 2. The Labute approximate surface area is 160 Å². The molecule has 1 heterocycles. The van der Waals surface area contributed by atoms with E-state index in [1.807, 2.05) is 36.4 Å². The van der Waals surface area contributed by atoms with Gasteiger partial charge < -0.3 is 5.32 Å². The molecule has 0 aliphatic carbocycles. The summed E-state index contributed by atoms with van der Waals surface area (Å²) in [5.74, 6) is 1.58. The topological polar surface area (TPSA) is 54.9 Å². The minimum absolute atomic E-state index is 0.298. The highest BCUT2D eigenvalue weighted by molar-refractivity contribution is 7.84. The second-order valence-electron chi connectivity index (χ2n) is 5.55. The van der Waals surface area contributed by atoms with Crippen molar-refractivity contribution in [3.8, 4) is 11.4 Å². The maximum absolute atomic E-state index is 12.7. The fraction of sp³-hybridized carbons (Fsp3) is 0.100. The predicted octanol–water partition coefficient (Wildman–Crippen LogP) is 4.70. The van der Waals surface area contributed by atoms with Crippen molar-refractivity contribution in [3.05, 3.63) is 84.0 Å². The molecule has 0 fully saturated rings. The van der Waals surface area contributed by atoms with E-state index in [9.17, 15) is 4.21 Å². The molecule has 0 aliphatic heterocycles. The summed E-state index contributed by atoms with van der Waals surface area (Å²) in [5, 5.41) is 3.80. The van der Waals surface area contributed by atoms with E-state index in [4.69, 9.17) is 11.6 Å². The van der Waals surface area contributed by atoms with E-state index in [1.54, 1.807) is 30.3 Å². The molecule has 0 spiro atoms. The van der Waals surface area contributed by atoms with Gasteiger partial charge in [0.25, 0.3) is 0 Å². The van der Waals surface area contributed by atoms with E-state index in [-0.39, 0.29) is 0 Å². The quantitative estimate of drug-likeness (QED) is 0.600. The van der Waals surface area contributed by atoms with Crippen LogP contribution in [0.4, 0.5) is 5.82 Å². The van der Waals surface area contributed by atoms with Gasteiger partial charge in [0, 0.05) is 28.1 Å².